The molecule has 0 bridgehead atoms. The minimum atomic E-state index is -1.99. The van der Waals surface area contributed by atoms with Gasteiger partial charge in [0.15, 0.2) is 5.60 Å². The number of carbonyl (C=O) groups excluding carboxylic acids is 1. The van der Waals surface area contributed by atoms with E-state index in [1.165, 1.54) is 17.0 Å². The number of anilines is 1. The highest BCUT2D eigenvalue weighted by Gasteiger charge is 2.55. The third kappa shape index (κ3) is 2.60. The van der Waals surface area contributed by atoms with Crippen molar-refractivity contribution in [3.05, 3.63) is 64.7 Å². The minimum Gasteiger partial charge on any atom is -0.398 e. The van der Waals surface area contributed by atoms with Crippen LogP contribution in [0.15, 0.2) is 48.5 Å². The van der Waals surface area contributed by atoms with Crippen molar-refractivity contribution in [2.75, 3.05) is 12.3 Å². The van der Waals surface area contributed by atoms with Gasteiger partial charge in [0.25, 0.3) is 5.91 Å². The number of amides is 1. The predicted molar refractivity (Wildman–Crippen MR) is 90.7 cm³/mol. The summed E-state index contributed by atoms with van der Waals surface area (Å²) in [7, 11) is 0. The first-order valence-electron chi connectivity index (χ1n) is 7.47. The Kier molecular flexibility index (Phi) is 4.18. The molecular weight excluding hydrogens is 326 g/mol. The molecule has 1 aliphatic heterocycles. The van der Waals surface area contributed by atoms with Crippen molar-refractivity contribution in [3.8, 4) is 6.07 Å². The quantitative estimate of drug-likeness (QED) is 0.838. The van der Waals surface area contributed by atoms with E-state index in [9.17, 15) is 15.2 Å². The first-order chi connectivity index (χ1) is 11.5. The Labute approximate surface area is 144 Å². The molecule has 0 aliphatic carbocycles. The molecule has 1 heterocycles. The highest BCUT2D eigenvalue weighted by Crippen LogP contribution is 2.41. The van der Waals surface area contributed by atoms with E-state index in [0.717, 1.165) is 5.56 Å². The van der Waals surface area contributed by atoms with Crippen LogP contribution in [0.2, 0.25) is 5.02 Å². The van der Waals surface area contributed by atoms with Gasteiger partial charge in [-0.25, -0.2) is 0 Å². The van der Waals surface area contributed by atoms with Crippen LogP contribution < -0.4 is 5.73 Å². The van der Waals surface area contributed by atoms with E-state index < -0.39 is 17.4 Å². The number of likely N-dealkylation sites (tertiary alicyclic amines) is 1. The number of aliphatic hydroxyl groups is 1. The van der Waals surface area contributed by atoms with Crippen LogP contribution in [0.3, 0.4) is 0 Å². The van der Waals surface area contributed by atoms with Crippen LogP contribution in [0.4, 0.5) is 5.69 Å². The van der Waals surface area contributed by atoms with Crippen molar-refractivity contribution in [3.63, 3.8) is 0 Å². The average Bonchev–Trinajstić information content (AvgIpc) is 2.83. The smallest absolute Gasteiger partial charge is 0.261 e. The molecular formula is C18H16ClN3O2. The van der Waals surface area contributed by atoms with Gasteiger partial charge in [0.1, 0.15) is 5.92 Å². The fraction of sp³-hybridized carbons (Fsp3) is 0.222. The topological polar surface area (TPSA) is 90.3 Å². The van der Waals surface area contributed by atoms with Gasteiger partial charge in [-0.3, -0.25) is 4.79 Å². The van der Waals surface area contributed by atoms with E-state index in [2.05, 4.69) is 0 Å². The standard InChI is InChI=1S/C18H16ClN3O2/c19-14-6-7-16(21)15(8-14)18(24)13(9-20)11-22(17(18)23)10-12-4-2-1-3-5-12/h1-8,13,24H,10-11,21H2/t13-,18+/m0/s1. The van der Waals surface area contributed by atoms with Gasteiger partial charge in [-0.1, -0.05) is 41.9 Å². The third-order valence-electron chi connectivity index (χ3n) is 4.32. The number of nitriles is 1. The summed E-state index contributed by atoms with van der Waals surface area (Å²) in [5.41, 5.74) is 5.28. The molecule has 1 saturated heterocycles. The van der Waals surface area contributed by atoms with Crippen molar-refractivity contribution in [2.45, 2.75) is 12.1 Å². The lowest BCUT2D eigenvalue weighted by Crippen LogP contribution is -2.40. The maximum absolute atomic E-state index is 12.9. The molecule has 3 rings (SSSR count). The molecule has 6 heteroatoms. The van der Waals surface area contributed by atoms with E-state index >= 15 is 0 Å². The Morgan fingerprint density at radius 1 is 1.33 bits per heavy atom. The highest BCUT2D eigenvalue weighted by atomic mass is 35.5. The molecule has 1 amide bonds. The summed E-state index contributed by atoms with van der Waals surface area (Å²) in [6.45, 7) is 0.452. The average molecular weight is 342 g/mol. The molecule has 0 radical (unpaired) electrons. The Morgan fingerprint density at radius 2 is 2.04 bits per heavy atom. The Morgan fingerprint density at radius 3 is 2.71 bits per heavy atom. The van der Waals surface area contributed by atoms with Crippen LogP contribution in [-0.4, -0.2) is 22.5 Å². The maximum atomic E-state index is 12.9. The van der Waals surface area contributed by atoms with Crippen LogP contribution >= 0.6 is 11.6 Å². The number of carbonyl (C=O) groups is 1. The van der Waals surface area contributed by atoms with E-state index in [-0.39, 0.29) is 17.8 Å². The first kappa shape index (κ1) is 16.3. The zero-order valence-electron chi connectivity index (χ0n) is 12.8. The molecule has 0 spiro atoms. The number of hydrogen-bond acceptors (Lipinski definition) is 4. The van der Waals surface area contributed by atoms with Crippen molar-refractivity contribution in [1.82, 2.24) is 4.90 Å². The van der Waals surface area contributed by atoms with Crippen LogP contribution in [0.25, 0.3) is 0 Å². The van der Waals surface area contributed by atoms with Crippen LogP contribution in [0.1, 0.15) is 11.1 Å². The molecule has 0 unspecified atom stereocenters. The van der Waals surface area contributed by atoms with E-state index in [4.69, 9.17) is 17.3 Å². The normalized spacial score (nSPS) is 23.3. The summed E-state index contributed by atoms with van der Waals surface area (Å²) in [5.74, 6) is -1.46. The Bertz CT molecular complexity index is 819. The third-order valence-corrected chi connectivity index (χ3v) is 4.55. The molecule has 24 heavy (non-hydrogen) atoms. The lowest BCUT2D eigenvalue weighted by atomic mass is 9.83. The number of halogens is 1. The summed E-state index contributed by atoms with van der Waals surface area (Å²) < 4.78 is 0. The van der Waals surface area contributed by atoms with E-state index in [1.54, 1.807) is 6.07 Å². The fourth-order valence-electron chi connectivity index (χ4n) is 3.06. The van der Waals surface area contributed by atoms with Crippen molar-refractivity contribution < 1.29 is 9.90 Å². The summed E-state index contributed by atoms with van der Waals surface area (Å²) in [5, 5.41) is 20.9. The first-order valence-corrected chi connectivity index (χ1v) is 7.85. The second-order valence-electron chi connectivity index (χ2n) is 5.85. The molecule has 122 valence electrons. The SMILES string of the molecule is N#C[C@H]1CN(Cc2ccccc2)C(=O)[C@]1(O)c1cc(Cl)ccc1N. The highest BCUT2D eigenvalue weighted by molar-refractivity contribution is 6.30. The van der Waals surface area contributed by atoms with Gasteiger partial charge in [0.2, 0.25) is 0 Å². The Hall–Kier alpha value is -2.55. The van der Waals surface area contributed by atoms with Gasteiger partial charge in [-0.05, 0) is 23.8 Å². The largest absolute Gasteiger partial charge is 0.398 e. The van der Waals surface area contributed by atoms with Crippen molar-refractivity contribution in [1.29, 1.82) is 5.26 Å². The molecule has 1 aliphatic rings. The molecule has 5 nitrogen and oxygen atoms in total. The molecule has 2 atom stereocenters. The van der Waals surface area contributed by atoms with Gasteiger partial charge in [0.05, 0.1) is 6.07 Å². The minimum absolute atomic E-state index is 0.132. The van der Waals surface area contributed by atoms with Gasteiger partial charge in [-0.15, -0.1) is 0 Å². The summed E-state index contributed by atoms with van der Waals surface area (Å²) in [6, 6.07) is 16.0. The van der Waals surface area contributed by atoms with E-state index in [0.29, 0.717) is 11.6 Å². The predicted octanol–water partition coefficient (Wildman–Crippen LogP) is 2.29. The fourth-order valence-corrected chi connectivity index (χ4v) is 3.23. The molecule has 2 aromatic carbocycles. The summed E-state index contributed by atoms with van der Waals surface area (Å²) in [4.78, 5) is 14.4. The molecule has 2 aromatic rings. The van der Waals surface area contributed by atoms with Crippen LogP contribution in [-0.2, 0) is 16.9 Å². The Balaban J connectivity index is 1.99. The van der Waals surface area contributed by atoms with Gasteiger partial charge < -0.3 is 15.7 Å². The summed E-state index contributed by atoms with van der Waals surface area (Å²) >= 11 is 5.99. The number of nitrogens with two attached hydrogens (primary N) is 1. The number of nitrogens with zero attached hydrogens (tertiary/aromatic N) is 2. The van der Waals surface area contributed by atoms with Gasteiger partial charge >= 0.3 is 0 Å². The molecule has 0 aromatic heterocycles. The zero-order chi connectivity index (χ0) is 17.3. The number of rotatable bonds is 3. The van der Waals surface area contributed by atoms with Crippen LogP contribution in [0, 0.1) is 17.2 Å². The second-order valence-corrected chi connectivity index (χ2v) is 6.29. The zero-order valence-corrected chi connectivity index (χ0v) is 13.6. The molecule has 1 fully saturated rings. The van der Waals surface area contributed by atoms with Gasteiger partial charge in [0, 0.05) is 29.4 Å². The number of hydrogen-bond donors (Lipinski definition) is 2. The van der Waals surface area contributed by atoms with Gasteiger partial charge in [-0.2, -0.15) is 5.26 Å². The molecule has 3 N–H and O–H groups in total. The van der Waals surface area contributed by atoms with E-state index in [1.807, 2.05) is 36.4 Å². The van der Waals surface area contributed by atoms with Crippen LogP contribution in [0.5, 0.6) is 0 Å². The maximum Gasteiger partial charge on any atom is 0.261 e. The van der Waals surface area contributed by atoms with Crippen molar-refractivity contribution in [2.24, 2.45) is 5.92 Å². The lowest BCUT2D eigenvalue weighted by Gasteiger charge is -2.26. The summed E-state index contributed by atoms with van der Waals surface area (Å²) in [6.07, 6.45) is 0. The second kappa shape index (κ2) is 6.16. The van der Waals surface area contributed by atoms with Crippen molar-refractivity contribution >= 4 is 23.2 Å². The number of benzene rings is 2. The number of nitrogen functional groups attached to an aromatic ring is 1. The monoisotopic (exact) mass is 341 g/mol. The molecule has 0 saturated carbocycles. The lowest BCUT2D eigenvalue weighted by molar-refractivity contribution is -0.145.